The number of para-hydroxylation sites is 1. The highest BCUT2D eigenvalue weighted by molar-refractivity contribution is 5.83. The first-order valence-corrected chi connectivity index (χ1v) is 10.4. The van der Waals surface area contributed by atoms with Gasteiger partial charge in [-0.1, -0.05) is 18.2 Å². The van der Waals surface area contributed by atoms with Crippen molar-refractivity contribution in [3.8, 4) is 0 Å². The summed E-state index contributed by atoms with van der Waals surface area (Å²) >= 11 is 0. The fourth-order valence-corrected chi connectivity index (χ4v) is 4.32. The van der Waals surface area contributed by atoms with Crippen LogP contribution in [0.15, 0.2) is 42.7 Å². The number of benzene rings is 1. The lowest BCUT2D eigenvalue weighted by Gasteiger charge is -2.34. The highest BCUT2D eigenvalue weighted by atomic mass is 15.2. The molecular formula is C23H31N5. The molecule has 0 amide bonds. The maximum absolute atomic E-state index is 4.96. The third-order valence-corrected chi connectivity index (χ3v) is 5.77. The number of imidazole rings is 1. The van der Waals surface area contributed by atoms with Crippen molar-refractivity contribution >= 4 is 16.7 Å². The summed E-state index contributed by atoms with van der Waals surface area (Å²) in [5.74, 6) is 2.81. The molecule has 3 aromatic rings. The molecule has 3 heterocycles. The van der Waals surface area contributed by atoms with E-state index in [1.807, 2.05) is 6.20 Å². The Bertz CT molecular complexity index is 930. The summed E-state index contributed by atoms with van der Waals surface area (Å²) in [6.07, 6.45) is 7.64. The molecule has 28 heavy (non-hydrogen) atoms. The Balaban J connectivity index is 1.52. The van der Waals surface area contributed by atoms with Crippen LogP contribution < -0.4 is 4.90 Å². The van der Waals surface area contributed by atoms with Crippen LogP contribution >= 0.6 is 0 Å². The van der Waals surface area contributed by atoms with Gasteiger partial charge in [0.1, 0.15) is 11.6 Å². The Labute approximate surface area is 168 Å². The fraction of sp³-hybridized carbons (Fsp3) is 0.478. The lowest BCUT2D eigenvalue weighted by Crippen LogP contribution is -2.36. The van der Waals surface area contributed by atoms with Gasteiger partial charge < -0.3 is 14.4 Å². The van der Waals surface area contributed by atoms with Crippen LogP contribution in [0.1, 0.15) is 36.6 Å². The molecule has 1 aromatic carbocycles. The average molecular weight is 378 g/mol. The van der Waals surface area contributed by atoms with Gasteiger partial charge in [-0.25, -0.2) is 9.97 Å². The summed E-state index contributed by atoms with van der Waals surface area (Å²) in [6, 6.07) is 10.7. The van der Waals surface area contributed by atoms with Crippen molar-refractivity contribution in [2.75, 3.05) is 38.6 Å². The zero-order valence-corrected chi connectivity index (χ0v) is 17.3. The molecule has 0 radical (unpaired) electrons. The van der Waals surface area contributed by atoms with Crippen molar-refractivity contribution in [2.24, 2.45) is 0 Å². The standard InChI is InChI=1S/C23H31N5/c1-18-16-22(25-21-10-5-4-9-20(18)21)28-13-6-8-19(17-28)23-24-11-15-27(23)14-7-12-26(2)3/h4-5,9-11,15-16,19H,6-8,12-14,17H2,1-3H3/t19-/m1/s1. The number of rotatable bonds is 6. The van der Waals surface area contributed by atoms with Crippen LogP contribution in [0.25, 0.3) is 10.9 Å². The van der Waals surface area contributed by atoms with E-state index in [0.29, 0.717) is 5.92 Å². The Kier molecular flexibility index (Phi) is 5.62. The number of piperidine rings is 1. The molecule has 5 heteroatoms. The third-order valence-electron chi connectivity index (χ3n) is 5.77. The van der Waals surface area contributed by atoms with Gasteiger partial charge in [0.2, 0.25) is 0 Å². The molecule has 0 aliphatic carbocycles. The molecule has 1 aliphatic rings. The first-order chi connectivity index (χ1) is 13.6. The number of aryl methyl sites for hydroxylation is 2. The van der Waals surface area contributed by atoms with E-state index in [1.165, 1.54) is 29.6 Å². The summed E-state index contributed by atoms with van der Waals surface area (Å²) < 4.78 is 2.36. The third kappa shape index (κ3) is 4.04. The highest BCUT2D eigenvalue weighted by Crippen LogP contribution is 2.30. The summed E-state index contributed by atoms with van der Waals surface area (Å²) in [7, 11) is 4.26. The molecule has 0 saturated carbocycles. The molecule has 1 fully saturated rings. The van der Waals surface area contributed by atoms with Crippen molar-refractivity contribution in [3.63, 3.8) is 0 Å². The predicted molar refractivity (Wildman–Crippen MR) is 116 cm³/mol. The molecular weight excluding hydrogens is 346 g/mol. The Morgan fingerprint density at radius 1 is 1.21 bits per heavy atom. The number of hydrogen-bond donors (Lipinski definition) is 0. The Morgan fingerprint density at radius 3 is 2.93 bits per heavy atom. The molecule has 1 saturated heterocycles. The van der Waals surface area contributed by atoms with E-state index >= 15 is 0 Å². The minimum Gasteiger partial charge on any atom is -0.356 e. The van der Waals surface area contributed by atoms with Crippen molar-refractivity contribution in [3.05, 3.63) is 54.1 Å². The van der Waals surface area contributed by atoms with E-state index in [4.69, 9.17) is 9.97 Å². The van der Waals surface area contributed by atoms with Crippen LogP contribution in [0.3, 0.4) is 0 Å². The van der Waals surface area contributed by atoms with Gasteiger partial charge in [0, 0.05) is 43.3 Å². The minimum atomic E-state index is 0.469. The predicted octanol–water partition coefficient (Wildman–Crippen LogP) is 4.08. The van der Waals surface area contributed by atoms with Crippen LogP contribution in [-0.4, -0.2) is 53.2 Å². The van der Waals surface area contributed by atoms with Gasteiger partial charge in [-0.05, 0) is 64.5 Å². The number of nitrogens with zero attached hydrogens (tertiary/aromatic N) is 5. The molecule has 0 N–H and O–H groups in total. The van der Waals surface area contributed by atoms with Crippen LogP contribution in [-0.2, 0) is 6.54 Å². The molecule has 0 bridgehead atoms. The largest absolute Gasteiger partial charge is 0.356 e. The first-order valence-electron chi connectivity index (χ1n) is 10.4. The summed E-state index contributed by atoms with van der Waals surface area (Å²) in [5, 5.41) is 1.25. The lowest BCUT2D eigenvalue weighted by atomic mass is 9.96. The normalized spacial score (nSPS) is 17.6. The number of aromatic nitrogens is 3. The zero-order valence-electron chi connectivity index (χ0n) is 17.3. The van der Waals surface area contributed by atoms with Crippen molar-refractivity contribution in [1.29, 1.82) is 0 Å². The van der Waals surface area contributed by atoms with Crippen LogP contribution in [0.2, 0.25) is 0 Å². The van der Waals surface area contributed by atoms with Gasteiger partial charge in [0.05, 0.1) is 5.52 Å². The van der Waals surface area contributed by atoms with Crippen molar-refractivity contribution < 1.29 is 0 Å². The van der Waals surface area contributed by atoms with E-state index in [1.54, 1.807) is 0 Å². The van der Waals surface area contributed by atoms with E-state index in [-0.39, 0.29) is 0 Å². The molecule has 5 nitrogen and oxygen atoms in total. The second-order valence-electron chi connectivity index (χ2n) is 8.24. The molecule has 2 aromatic heterocycles. The zero-order chi connectivity index (χ0) is 19.5. The van der Waals surface area contributed by atoms with Gasteiger partial charge >= 0.3 is 0 Å². The highest BCUT2D eigenvalue weighted by Gasteiger charge is 2.25. The summed E-state index contributed by atoms with van der Waals surface area (Å²) in [4.78, 5) is 14.4. The molecule has 1 aliphatic heterocycles. The molecule has 4 rings (SSSR count). The second-order valence-corrected chi connectivity index (χ2v) is 8.24. The monoisotopic (exact) mass is 377 g/mol. The Morgan fingerprint density at radius 2 is 2.07 bits per heavy atom. The average Bonchev–Trinajstić information content (AvgIpc) is 3.16. The number of anilines is 1. The molecule has 0 unspecified atom stereocenters. The topological polar surface area (TPSA) is 37.2 Å². The molecule has 148 valence electrons. The summed E-state index contributed by atoms with van der Waals surface area (Å²) in [5.41, 5.74) is 2.39. The number of pyridine rings is 1. The molecule has 0 spiro atoms. The van der Waals surface area contributed by atoms with Gasteiger partial charge in [0.15, 0.2) is 0 Å². The van der Waals surface area contributed by atoms with E-state index in [0.717, 1.165) is 43.9 Å². The first kappa shape index (κ1) is 18.9. The van der Waals surface area contributed by atoms with Gasteiger partial charge in [-0.15, -0.1) is 0 Å². The van der Waals surface area contributed by atoms with E-state index < -0.39 is 0 Å². The van der Waals surface area contributed by atoms with Crippen molar-refractivity contribution in [2.45, 2.75) is 38.6 Å². The maximum Gasteiger partial charge on any atom is 0.129 e. The van der Waals surface area contributed by atoms with Gasteiger partial charge in [-0.3, -0.25) is 0 Å². The van der Waals surface area contributed by atoms with Crippen LogP contribution in [0.5, 0.6) is 0 Å². The van der Waals surface area contributed by atoms with Gasteiger partial charge in [-0.2, -0.15) is 0 Å². The van der Waals surface area contributed by atoms with Gasteiger partial charge in [0.25, 0.3) is 0 Å². The lowest BCUT2D eigenvalue weighted by molar-refractivity contribution is 0.380. The van der Waals surface area contributed by atoms with Crippen molar-refractivity contribution in [1.82, 2.24) is 19.4 Å². The summed E-state index contributed by atoms with van der Waals surface area (Å²) in [6.45, 7) is 6.40. The Hall–Kier alpha value is -2.40. The number of hydrogen-bond acceptors (Lipinski definition) is 4. The SMILES string of the molecule is Cc1cc(N2CCC[C@@H](c3nccn3CCCN(C)C)C2)nc2ccccc12. The molecule has 1 atom stereocenters. The van der Waals surface area contributed by atoms with E-state index in [9.17, 15) is 0 Å². The number of fused-ring (bicyclic) bond motifs is 1. The minimum absolute atomic E-state index is 0.469. The van der Waals surface area contributed by atoms with Crippen LogP contribution in [0, 0.1) is 6.92 Å². The van der Waals surface area contributed by atoms with Crippen LogP contribution in [0.4, 0.5) is 5.82 Å². The second kappa shape index (κ2) is 8.31. The quantitative estimate of drug-likeness (QED) is 0.649. The fourth-order valence-electron chi connectivity index (χ4n) is 4.32. The smallest absolute Gasteiger partial charge is 0.129 e. The maximum atomic E-state index is 4.96. The van der Waals surface area contributed by atoms with E-state index in [2.05, 4.69) is 71.9 Å².